The lowest BCUT2D eigenvalue weighted by atomic mass is 9.89. The molecule has 0 spiro atoms. The van der Waals surface area contributed by atoms with Crippen LogP contribution in [-0.4, -0.2) is 23.0 Å². The van der Waals surface area contributed by atoms with Gasteiger partial charge in [0.2, 0.25) is 0 Å². The summed E-state index contributed by atoms with van der Waals surface area (Å²) in [5.74, 6) is 7.08. The number of likely N-dealkylation sites (tertiary alicyclic amines) is 1. The average molecular weight is 268 g/mol. The number of nitrogen functional groups attached to an aromatic ring is 1. The Morgan fingerprint density at radius 2 is 2.33 bits per heavy atom. The van der Waals surface area contributed by atoms with Crippen LogP contribution in [0.2, 0.25) is 0 Å². The number of anilines is 1. The zero-order valence-electron chi connectivity index (χ0n) is 11.4. The standard InChI is InChI=1S/C13H24N4S/c1-10(2)11-4-3-6-17(7-5-11)9-12-8-15-13(16-14)18-12/h8,10-11H,3-7,9,14H2,1-2H3,(H,15,16). The third-order valence-corrected chi connectivity index (χ3v) is 4.78. The summed E-state index contributed by atoms with van der Waals surface area (Å²) >= 11 is 1.65. The first kappa shape index (κ1) is 13.8. The molecule has 4 nitrogen and oxygen atoms in total. The number of nitrogens with zero attached hydrogens (tertiary/aromatic N) is 2. The number of hydrogen-bond acceptors (Lipinski definition) is 5. The third kappa shape index (κ3) is 3.67. The van der Waals surface area contributed by atoms with Crippen LogP contribution in [0.3, 0.4) is 0 Å². The van der Waals surface area contributed by atoms with Crippen LogP contribution >= 0.6 is 11.3 Å². The topological polar surface area (TPSA) is 54.2 Å². The lowest BCUT2D eigenvalue weighted by Gasteiger charge is -2.20. The van der Waals surface area contributed by atoms with Gasteiger partial charge in [-0.15, -0.1) is 0 Å². The Balaban J connectivity index is 1.86. The van der Waals surface area contributed by atoms with Gasteiger partial charge in [-0.3, -0.25) is 10.3 Å². The molecule has 2 heterocycles. The number of thiazole rings is 1. The Kier molecular flexibility index (Phi) is 4.97. The predicted octanol–water partition coefficient (Wildman–Crippen LogP) is 2.69. The fourth-order valence-electron chi connectivity index (χ4n) is 2.67. The number of hydrazine groups is 1. The van der Waals surface area contributed by atoms with Gasteiger partial charge in [-0.1, -0.05) is 25.2 Å². The fraction of sp³-hybridized carbons (Fsp3) is 0.769. The van der Waals surface area contributed by atoms with Gasteiger partial charge in [0.05, 0.1) is 0 Å². The highest BCUT2D eigenvalue weighted by Crippen LogP contribution is 2.26. The number of hydrogen-bond donors (Lipinski definition) is 2. The SMILES string of the molecule is CC(C)C1CCCN(Cc2cnc(NN)s2)CC1. The largest absolute Gasteiger partial charge is 0.300 e. The van der Waals surface area contributed by atoms with Gasteiger partial charge in [0.1, 0.15) is 0 Å². The molecule has 1 aliphatic heterocycles. The van der Waals surface area contributed by atoms with Crippen molar-refractivity contribution in [3.63, 3.8) is 0 Å². The van der Waals surface area contributed by atoms with E-state index in [0.29, 0.717) is 0 Å². The van der Waals surface area contributed by atoms with Crippen molar-refractivity contribution in [2.45, 2.75) is 39.7 Å². The van der Waals surface area contributed by atoms with E-state index in [9.17, 15) is 0 Å². The van der Waals surface area contributed by atoms with Crippen LogP contribution in [0.5, 0.6) is 0 Å². The van der Waals surface area contributed by atoms with Gasteiger partial charge in [0, 0.05) is 17.6 Å². The Hall–Kier alpha value is -0.650. The number of nitrogens with one attached hydrogen (secondary N) is 1. The normalized spacial score (nSPS) is 22.1. The fourth-order valence-corrected chi connectivity index (χ4v) is 3.44. The molecular weight excluding hydrogens is 244 g/mol. The molecule has 1 aromatic heterocycles. The van der Waals surface area contributed by atoms with Crippen LogP contribution in [0.15, 0.2) is 6.20 Å². The monoisotopic (exact) mass is 268 g/mol. The smallest absolute Gasteiger partial charge is 0.197 e. The Morgan fingerprint density at radius 1 is 1.50 bits per heavy atom. The Labute approximate surface area is 114 Å². The van der Waals surface area contributed by atoms with Gasteiger partial charge < -0.3 is 0 Å². The number of nitrogens with two attached hydrogens (primary N) is 1. The molecule has 102 valence electrons. The second kappa shape index (κ2) is 6.50. The van der Waals surface area contributed by atoms with E-state index in [-0.39, 0.29) is 0 Å². The van der Waals surface area contributed by atoms with Crippen LogP contribution in [0.25, 0.3) is 0 Å². The van der Waals surface area contributed by atoms with Gasteiger partial charge in [-0.2, -0.15) is 0 Å². The molecule has 0 saturated carbocycles. The predicted molar refractivity (Wildman–Crippen MR) is 77.4 cm³/mol. The van der Waals surface area contributed by atoms with Crippen molar-refractivity contribution in [3.05, 3.63) is 11.1 Å². The van der Waals surface area contributed by atoms with Crippen molar-refractivity contribution < 1.29 is 0 Å². The van der Waals surface area contributed by atoms with Gasteiger partial charge in [0.15, 0.2) is 5.13 Å². The molecule has 2 rings (SSSR count). The van der Waals surface area contributed by atoms with Crippen LogP contribution < -0.4 is 11.3 Å². The van der Waals surface area contributed by atoms with E-state index in [1.165, 1.54) is 37.2 Å². The molecular formula is C13H24N4S. The molecule has 3 N–H and O–H groups in total. The highest BCUT2D eigenvalue weighted by Gasteiger charge is 2.19. The maximum absolute atomic E-state index is 5.36. The first-order valence-corrected chi connectivity index (χ1v) is 7.64. The highest BCUT2D eigenvalue weighted by atomic mass is 32.1. The van der Waals surface area contributed by atoms with Crippen molar-refractivity contribution in [1.82, 2.24) is 9.88 Å². The molecule has 5 heteroatoms. The molecule has 0 radical (unpaired) electrons. The minimum atomic E-state index is 0.805. The summed E-state index contributed by atoms with van der Waals surface area (Å²) in [5, 5.41) is 0.805. The molecule has 0 bridgehead atoms. The molecule has 18 heavy (non-hydrogen) atoms. The second-order valence-electron chi connectivity index (χ2n) is 5.49. The minimum absolute atomic E-state index is 0.805. The molecule has 1 aromatic rings. The molecule has 1 aliphatic rings. The molecule has 1 unspecified atom stereocenters. The quantitative estimate of drug-likeness (QED) is 0.651. The first-order valence-electron chi connectivity index (χ1n) is 6.82. The van der Waals surface area contributed by atoms with Crippen molar-refractivity contribution in [3.8, 4) is 0 Å². The van der Waals surface area contributed by atoms with E-state index in [2.05, 4.69) is 29.2 Å². The minimum Gasteiger partial charge on any atom is -0.300 e. The maximum atomic E-state index is 5.36. The molecule has 1 fully saturated rings. The summed E-state index contributed by atoms with van der Waals surface area (Å²) in [5.41, 5.74) is 2.61. The molecule has 0 aromatic carbocycles. The number of rotatable bonds is 4. The maximum Gasteiger partial charge on any atom is 0.197 e. The lowest BCUT2D eigenvalue weighted by Crippen LogP contribution is -2.24. The van der Waals surface area contributed by atoms with E-state index >= 15 is 0 Å². The third-order valence-electron chi connectivity index (χ3n) is 3.86. The van der Waals surface area contributed by atoms with E-state index < -0.39 is 0 Å². The molecule has 1 saturated heterocycles. The summed E-state index contributed by atoms with van der Waals surface area (Å²) in [6, 6.07) is 0. The molecule has 0 aliphatic carbocycles. The summed E-state index contributed by atoms with van der Waals surface area (Å²) in [7, 11) is 0. The summed E-state index contributed by atoms with van der Waals surface area (Å²) in [4.78, 5) is 8.07. The van der Waals surface area contributed by atoms with Crippen LogP contribution in [0, 0.1) is 11.8 Å². The van der Waals surface area contributed by atoms with Crippen molar-refractivity contribution >= 4 is 16.5 Å². The Bertz CT molecular complexity index is 364. The van der Waals surface area contributed by atoms with Crippen LogP contribution in [-0.2, 0) is 6.54 Å². The highest BCUT2D eigenvalue weighted by molar-refractivity contribution is 7.15. The number of aromatic nitrogens is 1. The first-order chi connectivity index (χ1) is 8.69. The van der Waals surface area contributed by atoms with Crippen molar-refractivity contribution in [2.75, 3.05) is 18.5 Å². The van der Waals surface area contributed by atoms with E-state index in [0.717, 1.165) is 23.5 Å². The zero-order valence-corrected chi connectivity index (χ0v) is 12.2. The van der Waals surface area contributed by atoms with Gasteiger partial charge >= 0.3 is 0 Å². The zero-order chi connectivity index (χ0) is 13.0. The lowest BCUT2D eigenvalue weighted by molar-refractivity contribution is 0.266. The van der Waals surface area contributed by atoms with Crippen molar-refractivity contribution in [2.24, 2.45) is 17.7 Å². The van der Waals surface area contributed by atoms with E-state index in [1.807, 2.05) is 6.20 Å². The second-order valence-corrected chi connectivity index (χ2v) is 6.60. The summed E-state index contributed by atoms with van der Waals surface area (Å²) < 4.78 is 0. The molecule has 1 atom stereocenters. The van der Waals surface area contributed by atoms with Gasteiger partial charge in [0.25, 0.3) is 0 Å². The average Bonchev–Trinajstić information content (AvgIpc) is 2.66. The van der Waals surface area contributed by atoms with Crippen molar-refractivity contribution in [1.29, 1.82) is 0 Å². The van der Waals surface area contributed by atoms with Gasteiger partial charge in [-0.05, 0) is 44.2 Å². The van der Waals surface area contributed by atoms with Crippen LogP contribution in [0.1, 0.15) is 38.0 Å². The van der Waals surface area contributed by atoms with E-state index in [1.54, 1.807) is 11.3 Å². The van der Waals surface area contributed by atoms with Crippen LogP contribution in [0.4, 0.5) is 5.13 Å². The summed E-state index contributed by atoms with van der Waals surface area (Å²) in [6.07, 6.45) is 5.97. The molecule has 0 amide bonds. The Morgan fingerprint density at radius 3 is 3.00 bits per heavy atom. The summed E-state index contributed by atoms with van der Waals surface area (Å²) in [6.45, 7) is 8.15. The van der Waals surface area contributed by atoms with E-state index in [4.69, 9.17) is 5.84 Å². The van der Waals surface area contributed by atoms with Gasteiger partial charge in [-0.25, -0.2) is 10.8 Å².